The predicted octanol–water partition coefficient (Wildman–Crippen LogP) is 3.37. The monoisotopic (exact) mass is 410 g/mol. The van der Waals surface area contributed by atoms with Crippen LogP contribution in [0.15, 0.2) is 29.4 Å². The first-order valence-corrected chi connectivity index (χ1v) is 11.2. The van der Waals surface area contributed by atoms with Gasteiger partial charge in [0.05, 0.1) is 11.5 Å². The third kappa shape index (κ3) is 4.88. The zero-order valence-electron chi connectivity index (χ0n) is 16.3. The highest BCUT2D eigenvalue weighted by molar-refractivity contribution is 7.89. The molecule has 1 fully saturated rings. The minimum Gasteiger partial charge on any atom is -0.491 e. The molecule has 0 radical (unpaired) electrons. The van der Waals surface area contributed by atoms with Gasteiger partial charge in [-0.1, -0.05) is 13.3 Å². The lowest BCUT2D eigenvalue weighted by Gasteiger charge is -2.30. The lowest BCUT2D eigenvalue weighted by atomic mass is 9.91. The zero-order chi connectivity index (χ0) is 20.1. The number of hydrogen-bond donors (Lipinski definition) is 1. The molecule has 2 atom stereocenters. The molecule has 1 N–H and O–H groups in total. The molecule has 9 heteroatoms. The molecule has 0 aliphatic heterocycles. The van der Waals surface area contributed by atoms with Crippen molar-refractivity contribution >= 4 is 10.0 Å². The number of aryl methyl sites for hydroxylation is 1. The average molecular weight is 411 g/mol. The van der Waals surface area contributed by atoms with Gasteiger partial charge in [0.25, 0.3) is 0 Å². The van der Waals surface area contributed by atoms with E-state index in [2.05, 4.69) is 14.9 Å². The third-order valence-corrected chi connectivity index (χ3v) is 6.60. The molecule has 3 rings (SSSR count). The molecule has 0 bridgehead atoms. The number of unbranched alkanes of at least 4 members (excludes halogenated alkanes) is 1. The molecule has 1 aliphatic rings. The maximum Gasteiger partial charge on any atom is 0.240 e. The van der Waals surface area contributed by atoms with Gasteiger partial charge in [-0.25, -0.2) is 17.5 Å². The molecule has 2 unspecified atom stereocenters. The maximum atomic E-state index is 14.2. The lowest BCUT2D eigenvalue weighted by Crippen LogP contribution is -2.39. The molecule has 2 aromatic rings. The van der Waals surface area contributed by atoms with Gasteiger partial charge >= 0.3 is 0 Å². The summed E-state index contributed by atoms with van der Waals surface area (Å²) in [5.74, 6) is 0.225. The highest BCUT2D eigenvalue weighted by atomic mass is 32.2. The molecule has 154 valence electrons. The number of halogens is 1. The van der Waals surface area contributed by atoms with Gasteiger partial charge in [0.15, 0.2) is 11.6 Å². The van der Waals surface area contributed by atoms with E-state index in [9.17, 15) is 12.8 Å². The van der Waals surface area contributed by atoms with Crippen LogP contribution in [-0.2, 0) is 10.0 Å². The molecule has 0 amide bonds. The van der Waals surface area contributed by atoms with Gasteiger partial charge in [-0.2, -0.15) is 0 Å². The Morgan fingerprint density at radius 2 is 2.18 bits per heavy atom. The van der Waals surface area contributed by atoms with E-state index >= 15 is 0 Å². The molecule has 28 heavy (non-hydrogen) atoms. The molecule has 1 saturated carbocycles. The Morgan fingerprint density at radius 3 is 2.86 bits per heavy atom. The molecule has 0 spiro atoms. The predicted molar refractivity (Wildman–Crippen MR) is 103 cm³/mol. The summed E-state index contributed by atoms with van der Waals surface area (Å²) in [6, 6.07) is 3.73. The SMILES string of the molecule is CCCCOc1ccc(S(=O)(=O)NC2CCCC(n3cnnc3C)C2)cc1F. The lowest BCUT2D eigenvalue weighted by molar-refractivity contribution is 0.293. The van der Waals surface area contributed by atoms with Crippen LogP contribution < -0.4 is 9.46 Å². The number of aromatic nitrogens is 3. The normalized spacial score (nSPS) is 20.2. The van der Waals surface area contributed by atoms with Gasteiger partial charge in [0.1, 0.15) is 12.2 Å². The number of nitrogens with zero attached hydrogens (tertiary/aromatic N) is 3. The van der Waals surface area contributed by atoms with E-state index in [-0.39, 0.29) is 22.7 Å². The zero-order valence-corrected chi connectivity index (χ0v) is 17.1. The van der Waals surface area contributed by atoms with Crippen LogP contribution in [0.5, 0.6) is 5.75 Å². The Morgan fingerprint density at radius 1 is 1.36 bits per heavy atom. The summed E-state index contributed by atoms with van der Waals surface area (Å²) in [4.78, 5) is -0.0876. The first-order valence-electron chi connectivity index (χ1n) is 9.71. The Labute approximate surface area is 165 Å². The number of benzene rings is 1. The van der Waals surface area contributed by atoms with Crippen molar-refractivity contribution in [2.24, 2.45) is 0 Å². The van der Waals surface area contributed by atoms with E-state index in [1.54, 1.807) is 6.33 Å². The van der Waals surface area contributed by atoms with Crippen molar-refractivity contribution in [3.05, 3.63) is 36.2 Å². The molecule has 1 heterocycles. The van der Waals surface area contributed by atoms with Crippen LogP contribution in [0.1, 0.15) is 57.3 Å². The Bertz CT molecular complexity index is 900. The first-order chi connectivity index (χ1) is 13.4. The van der Waals surface area contributed by atoms with E-state index in [0.717, 1.165) is 44.0 Å². The number of ether oxygens (including phenoxy) is 1. The molecule has 0 saturated heterocycles. The van der Waals surface area contributed by atoms with Gasteiger partial charge in [-0.15, -0.1) is 10.2 Å². The van der Waals surface area contributed by atoms with Crippen molar-refractivity contribution in [2.45, 2.75) is 69.4 Å². The van der Waals surface area contributed by atoms with Crippen molar-refractivity contribution in [3.63, 3.8) is 0 Å². The smallest absolute Gasteiger partial charge is 0.240 e. The van der Waals surface area contributed by atoms with Crippen LogP contribution in [0.25, 0.3) is 0 Å². The summed E-state index contributed by atoms with van der Waals surface area (Å²) in [6.07, 6.45) is 6.69. The van der Waals surface area contributed by atoms with Crippen molar-refractivity contribution in [1.82, 2.24) is 19.5 Å². The molecular formula is C19H27FN4O3S. The maximum absolute atomic E-state index is 14.2. The van der Waals surface area contributed by atoms with Crippen LogP contribution in [0, 0.1) is 12.7 Å². The van der Waals surface area contributed by atoms with Gasteiger partial charge in [-0.05, 0) is 57.2 Å². The summed E-state index contributed by atoms with van der Waals surface area (Å²) >= 11 is 0. The molecular weight excluding hydrogens is 383 g/mol. The van der Waals surface area contributed by atoms with E-state index in [4.69, 9.17) is 4.74 Å². The molecule has 1 aromatic carbocycles. The molecule has 1 aliphatic carbocycles. The summed E-state index contributed by atoms with van der Waals surface area (Å²) in [6.45, 7) is 4.30. The third-order valence-electron chi connectivity index (χ3n) is 5.08. The van der Waals surface area contributed by atoms with Gasteiger partial charge in [0, 0.05) is 12.1 Å². The van der Waals surface area contributed by atoms with Crippen LogP contribution >= 0.6 is 0 Å². The quantitative estimate of drug-likeness (QED) is 0.675. The molecule has 7 nitrogen and oxygen atoms in total. The van der Waals surface area contributed by atoms with Crippen LogP contribution in [0.4, 0.5) is 4.39 Å². The average Bonchev–Trinajstić information content (AvgIpc) is 3.09. The van der Waals surface area contributed by atoms with Crippen LogP contribution in [-0.4, -0.2) is 35.8 Å². The fourth-order valence-corrected chi connectivity index (χ4v) is 4.86. The Hall–Kier alpha value is -2.00. The highest BCUT2D eigenvalue weighted by Gasteiger charge is 2.28. The fourth-order valence-electron chi connectivity index (χ4n) is 3.56. The number of sulfonamides is 1. The van der Waals surface area contributed by atoms with E-state index in [1.807, 2.05) is 18.4 Å². The van der Waals surface area contributed by atoms with Gasteiger partial charge in [-0.3, -0.25) is 0 Å². The highest BCUT2D eigenvalue weighted by Crippen LogP contribution is 2.30. The largest absolute Gasteiger partial charge is 0.491 e. The Kier molecular flexibility index (Phi) is 6.66. The standard InChI is InChI=1S/C19H27FN4O3S/c1-3-4-10-27-19-9-8-17(12-18(19)20)28(25,26)23-15-6-5-7-16(11-15)24-13-21-22-14(24)2/h8-9,12-13,15-16,23H,3-7,10-11H2,1-2H3. The second kappa shape index (κ2) is 9.00. The number of nitrogens with one attached hydrogen (secondary N) is 1. The van der Waals surface area contributed by atoms with Crippen LogP contribution in [0.3, 0.4) is 0 Å². The van der Waals surface area contributed by atoms with Crippen molar-refractivity contribution in [3.8, 4) is 5.75 Å². The second-order valence-corrected chi connectivity index (χ2v) is 8.93. The van der Waals surface area contributed by atoms with Crippen molar-refractivity contribution in [1.29, 1.82) is 0 Å². The Balaban J connectivity index is 1.67. The first kappa shape index (κ1) is 20.7. The molecule has 1 aromatic heterocycles. The van der Waals surface area contributed by atoms with E-state index in [1.165, 1.54) is 12.1 Å². The van der Waals surface area contributed by atoms with E-state index in [0.29, 0.717) is 13.0 Å². The van der Waals surface area contributed by atoms with Crippen molar-refractivity contribution < 1.29 is 17.5 Å². The summed E-state index contributed by atoms with van der Waals surface area (Å²) < 4.78 is 49.8. The number of hydrogen-bond acceptors (Lipinski definition) is 5. The number of rotatable bonds is 8. The minimum atomic E-state index is -3.81. The second-order valence-electron chi connectivity index (χ2n) is 7.22. The summed E-state index contributed by atoms with van der Waals surface area (Å²) in [5, 5.41) is 7.91. The van der Waals surface area contributed by atoms with Gasteiger partial charge in [0.2, 0.25) is 10.0 Å². The van der Waals surface area contributed by atoms with Crippen molar-refractivity contribution in [2.75, 3.05) is 6.61 Å². The minimum absolute atomic E-state index is 0.0770. The van der Waals surface area contributed by atoms with E-state index < -0.39 is 15.8 Å². The fraction of sp³-hybridized carbons (Fsp3) is 0.579. The van der Waals surface area contributed by atoms with Gasteiger partial charge < -0.3 is 9.30 Å². The summed E-state index contributed by atoms with van der Waals surface area (Å²) in [7, 11) is -3.81. The topological polar surface area (TPSA) is 86.1 Å². The van der Waals surface area contributed by atoms with Crippen LogP contribution in [0.2, 0.25) is 0 Å². The summed E-state index contributed by atoms with van der Waals surface area (Å²) in [5.41, 5.74) is 0.